The normalized spacial score (nSPS) is 16.5. The molecule has 0 unspecified atom stereocenters. The first-order valence-electron chi connectivity index (χ1n) is 7.59. The van der Waals surface area contributed by atoms with E-state index in [1.807, 2.05) is 7.05 Å². The fourth-order valence-electron chi connectivity index (χ4n) is 2.87. The number of aryl methyl sites for hydroxylation is 2. The van der Waals surface area contributed by atoms with Crippen LogP contribution < -0.4 is 11.2 Å². The van der Waals surface area contributed by atoms with Gasteiger partial charge >= 0.3 is 5.69 Å². The summed E-state index contributed by atoms with van der Waals surface area (Å²) in [5, 5.41) is 0.777. The highest BCUT2D eigenvalue weighted by molar-refractivity contribution is 7.99. The van der Waals surface area contributed by atoms with Crippen molar-refractivity contribution in [2.75, 3.05) is 25.4 Å². The van der Waals surface area contributed by atoms with Gasteiger partial charge in [0.1, 0.15) is 0 Å². The van der Waals surface area contributed by atoms with Crippen LogP contribution in [-0.2, 0) is 14.1 Å². The average Bonchev–Trinajstić information content (AvgIpc) is 2.84. The highest BCUT2D eigenvalue weighted by atomic mass is 32.2. The number of aromatic nitrogens is 4. The zero-order chi connectivity index (χ0) is 15.7. The van der Waals surface area contributed by atoms with Crippen molar-refractivity contribution in [3.05, 3.63) is 20.8 Å². The molecule has 3 rings (SSSR count). The quantitative estimate of drug-likeness (QED) is 0.831. The molecule has 0 spiro atoms. The molecular formula is C14H21N5O2S. The fourth-order valence-corrected chi connectivity index (χ4v) is 3.83. The van der Waals surface area contributed by atoms with Crippen LogP contribution in [0.4, 0.5) is 0 Å². The highest BCUT2D eigenvalue weighted by Crippen LogP contribution is 2.20. The summed E-state index contributed by atoms with van der Waals surface area (Å²) in [6, 6.07) is 0. The van der Waals surface area contributed by atoms with Gasteiger partial charge in [-0.1, -0.05) is 18.2 Å². The second kappa shape index (κ2) is 6.29. The predicted molar refractivity (Wildman–Crippen MR) is 87.6 cm³/mol. The molecular weight excluding hydrogens is 302 g/mol. The second-order valence-electron chi connectivity index (χ2n) is 5.69. The lowest BCUT2D eigenvalue weighted by molar-refractivity contribution is 0.242. The lowest BCUT2D eigenvalue weighted by atomic mass is 10.1. The summed E-state index contributed by atoms with van der Waals surface area (Å²) in [5.41, 5.74) is 0.0794. The molecule has 1 N–H and O–H groups in total. The van der Waals surface area contributed by atoms with Gasteiger partial charge < -0.3 is 9.47 Å². The van der Waals surface area contributed by atoms with Gasteiger partial charge in [-0.25, -0.2) is 9.78 Å². The van der Waals surface area contributed by atoms with Gasteiger partial charge in [0.15, 0.2) is 16.3 Å². The van der Waals surface area contributed by atoms with Crippen molar-refractivity contribution in [1.29, 1.82) is 0 Å². The van der Waals surface area contributed by atoms with E-state index in [9.17, 15) is 9.59 Å². The molecule has 2 aromatic heterocycles. The van der Waals surface area contributed by atoms with E-state index in [2.05, 4.69) is 14.9 Å². The molecule has 2 aromatic rings. The lowest BCUT2D eigenvalue weighted by Crippen LogP contribution is -2.31. The van der Waals surface area contributed by atoms with Crippen LogP contribution in [0.1, 0.15) is 19.3 Å². The zero-order valence-corrected chi connectivity index (χ0v) is 13.8. The Hall–Kier alpha value is -1.54. The Morgan fingerprint density at radius 3 is 2.59 bits per heavy atom. The molecule has 7 nitrogen and oxygen atoms in total. The number of nitrogens with one attached hydrogen (secondary N) is 1. The van der Waals surface area contributed by atoms with E-state index in [-0.39, 0.29) is 5.56 Å². The highest BCUT2D eigenvalue weighted by Gasteiger charge is 2.16. The van der Waals surface area contributed by atoms with Crippen molar-refractivity contribution in [2.24, 2.45) is 14.1 Å². The van der Waals surface area contributed by atoms with Crippen molar-refractivity contribution in [2.45, 2.75) is 24.4 Å². The predicted octanol–water partition coefficient (Wildman–Crippen LogP) is 0.538. The standard InChI is InChI=1S/C14H21N5O2S/c1-17-10-11(18(2)13(21)16-12(10)20)15-14(17)22-9-8-19-6-4-3-5-7-19/h3-9H2,1-2H3,(H,16,20,21). The third kappa shape index (κ3) is 2.85. The van der Waals surface area contributed by atoms with Crippen LogP contribution in [0, 0.1) is 0 Å². The number of nitrogens with zero attached hydrogens (tertiary/aromatic N) is 4. The number of H-pyrrole nitrogens is 1. The van der Waals surface area contributed by atoms with Gasteiger partial charge in [0.25, 0.3) is 5.56 Å². The van der Waals surface area contributed by atoms with Crippen LogP contribution in [-0.4, -0.2) is 49.4 Å². The zero-order valence-electron chi connectivity index (χ0n) is 13.0. The first-order chi connectivity index (χ1) is 10.6. The number of piperidine rings is 1. The third-order valence-electron chi connectivity index (χ3n) is 4.18. The SMILES string of the molecule is Cn1c(SCCN2CCCCC2)nc2c1c(=O)[nH]c(=O)n2C. The third-order valence-corrected chi connectivity index (χ3v) is 5.19. The Kier molecular flexibility index (Phi) is 4.39. The Balaban J connectivity index is 1.78. The van der Waals surface area contributed by atoms with Gasteiger partial charge in [0, 0.05) is 26.4 Å². The Morgan fingerprint density at radius 1 is 1.14 bits per heavy atom. The van der Waals surface area contributed by atoms with Crippen molar-refractivity contribution in [3.8, 4) is 0 Å². The number of aromatic amines is 1. The summed E-state index contributed by atoms with van der Waals surface area (Å²) in [6.07, 6.45) is 3.91. The Bertz CT molecular complexity index is 785. The molecule has 120 valence electrons. The summed E-state index contributed by atoms with van der Waals surface area (Å²) in [7, 11) is 3.44. The van der Waals surface area contributed by atoms with Gasteiger partial charge in [-0.2, -0.15) is 0 Å². The number of fused-ring (bicyclic) bond motifs is 1. The van der Waals surface area contributed by atoms with E-state index < -0.39 is 5.69 Å². The molecule has 0 aromatic carbocycles. The molecule has 1 fully saturated rings. The monoisotopic (exact) mass is 323 g/mol. The number of hydrogen-bond donors (Lipinski definition) is 1. The van der Waals surface area contributed by atoms with Gasteiger partial charge in [0.2, 0.25) is 0 Å². The van der Waals surface area contributed by atoms with E-state index in [1.165, 1.54) is 36.9 Å². The molecule has 22 heavy (non-hydrogen) atoms. The molecule has 0 radical (unpaired) electrons. The minimum absolute atomic E-state index is 0.379. The maximum atomic E-state index is 12.0. The molecule has 8 heteroatoms. The Morgan fingerprint density at radius 2 is 1.86 bits per heavy atom. The van der Waals surface area contributed by atoms with E-state index >= 15 is 0 Å². The van der Waals surface area contributed by atoms with Crippen LogP contribution in [0.3, 0.4) is 0 Å². The smallest absolute Gasteiger partial charge is 0.316 e. The van der Waals surface area contributed by atoms with Crippen LogP contribution >= 0.6 is 11.8 Å². The maximum Gasteiger partial charge on any atom is 0.329 e. The molecule has 3 heterocycles. The molecule has 0 bridgehead atoms. The largest absolute Gasteiger partial charge is 0.329 e. The molecule has 1 aliphatic heterocycles. The summed E-state index contributed by atoms with van der Waals surface area (Å²) in [4.78, 5) is 32.9. The van der Waals surface area contributed by atoms with E-state index in [0.717, 1.165) is 17.5 Å². The number of thioether (sulfide) groups is 1. The molecule has 1 aliphatic rings. The molecule has 0 saturated carbocycles. The van der Waals surface area contributed by atoms with Crippen LogP contribution in [0.15, 0.2) is 14.7 Å². The summed E-state index contributed by atoms with van der Waals surface area (Å²) < 4.78 is 3.15. The molecule has 0 aliphatic carbocycles. The first kappa shape index (κ1) is 15.4. The number of rotatable bonds is 4. The Labute approximate surface area is 132 Å². The van der Waals surface area contributed by atoms with E-state index in [1.54, 1.807) is 23.4 Å². The topological polar surface area (TPSA) is 75.9 Å². The van der Waals surface area contributed by atoms with Crippen LogP contribution in [0.25, 0.3) is 11.2 Å². The average molecular weight is 323 g/mol. The fraction of sp³-hybridized carbons (Fsp3) is 0.643. The van der Waals surface area contributed by atoms with Crippen molar-refractivity contribution >= 4 is 22.9 Å². The van der Waals surface area contributed by atoms with Crippen molar-refractivity contribution in [3.63, 3.8) is 0 Å². The van der Waals surface area contributed by atoms with Crippen molar-refractivity contribution in [1.82, 2.24) is 24.0 Å². The molecule has 0 amide bonds. The maximum absolute atomic E-state index is 12.0. The number of imidazole rings is 1. The molecule has 1 saturated heterocycles. The van der Waals surface area contributed by atoms with Crippen molar-refractivity contribution < 1.29 is 0 Å². The van der Waals surface area contributed by atoms with Gasteiger partial charge in [-0.15, -0.1) is 0 Å². The summed E-state index contributed by atoms with van der Waals surface area (Å²) >= 11 is 1.63. The van der Waals surface area contributed by atoms with Gasteiger partial charge in [-0.3, -0.25) is 14.3 Å². The van der Waals surface area contributed by atoms with E-state index in [4.69, 9.17) is 0 Å². The van der Waals surface area contributed by atoms with Gasteiger partial charge in [-0.05, 0) is 25.9 Å². The number of likely N-dealkylation sites (tertiary alicyclic amines) is 1. The molecule has 0 atom stereocenters. The second-order valence-corrected chi connectivity index (χ2v) is 6.76. The minimum Gasteiger partial charge on any atom is -0.316 e. The first-order valence-corrected chi connectivity index (χ1v) is 8.57. The van der Waals surface area contributed by atoms with Crippen LogP contribution in [0.5, 0.6) is 0 Å². The summed E-state index contributed by atoms with van der Waals surface area (Å²) in [5.74, 6) is 0.934. The van der Waals surface area contributed by atoms with Gasteiger partial charge in [0.05, 0.1) is 0 Å². The van der Waals surface area contributed by atoms with Crippen LogP contribution in [0.2, 0.25) is 0 Å². The number of hydrogen-bond acceptors (Lipinski definition) is 5. The summed E-state index contributed by atoms with van der Waals surface area (Å²) in [6.45, 7) is 3.39. The lowest BCUT2D eigenvalue weighted by Gasteiger charge is -2.25. The minimum atomic E-state index is -0.430. The van der Waals surface area contributed by atoms with E-state index in [0.29, 0.717) is 11.2 Å².